The van der Waals surface area contributed by atoms with Crippen LogP contribution in [0.4, 0.5) is 0 Å². The van der Waals surface area contributed by atoms with Gasteiger partial charge in [0.2, 0.25) is 0 Å². The fourth-order valence-electron chi connectivity index (χ4n) is 3.22. The van der Waals surface area contributed by atoms with Gasteiger partial charge in [-0.25, -0.2) is 5.43 Å². The predicted molar refractivity (Wildman–Crippen MR) is 81.2 cm³/mol. The first-order valence-corrected chi connectivity index (χ1v) is 8.00. The predicted octanol–water partition coefficient (Wildman–Crippen LogP) is 2.72. The summed E-state index contributed by atoms with van der Waals surface area (Å²) in [5, 5.41) is 0. The maximum Gasteiger partial charge on any atom is 0.122 e. The lowest BCUT2D eigenvalue weighted by Crippen LogP contribution is -2.28. The number of hydrazine groups is 1. The molecule has 0 fully saturated rings. The average Bonchev–Trinajstić information content (AvgIpc) is 3.13. The molecule has 0 amide bonds. The third-order valence-corrected chi connectivity index (χ3v) is 5.57. The second-order valence-electron chi connectivity index (χ2n) is 5.52. The number of nitrogens with one attached hydrogen (secondary N) is 1. The molecule has 1 aliphatic heterocycles. The Morgan fingerprint density at radius 3 is 2.95 bits per heavy atom. The van der Waals surface area contributed by atoms with E-state index >= 15 is 0 Å². The zero-order valence-electron chi connectivity index (χ0n) is 11.3. The molecule has 4 rings (SSSR count). The van der Waals surface area contributed by atoms with Crippen molar-refractivity contribution in [1.29, 1.82) is 0 Å². The van der Waals surface area contributed by atoms with Crippen LogP contribution in [-0.2, 0) is 19.3 Å². The molecule has 1 aromatic heterocycles. The van der Waals surface area contributed by atoms with Crippen molar-refractivity contribution in [2.75, 3.05) is 6.61 Å². The summed E-state index contributed by atoms with van der Waals surface area (Å²) >= 11 is 1.91. The third kappa shape index (κ3) is 1.95. The van der Waals surface area contributed by atoms with E-state index in [1.807, 2.05) is 11.3 Å². The quantitative estimate of drug-likeness (QED) is 0.674. The van der Waals surface area contributed by atoms with Crippen LogP contribution < -0.4 is 16.0 Å². The molecule has 2 aliphatic rings. The number of nitrogens with two attached hydrogens (primary N) is 1. The number of aryl methyl sites for hydroxylation is 2. The van der Waals surface area contributed by atoms with Crippen LogP contribution in [0.25, 0.3) is 0 Å². The van der Waals surface area contributed by atoms with Gasteiger partial charge in [-0.1, -0.05) is 6.07 Å². The largest absolute Gasteiger partial charge is 0.493 e. The standard InChI is InChI=1S/C16H18N2OS/c17-18-16(15-9-11-2-1-3-14(11)20-15)12-4-5-13-10(8-12)6-7-19-13/h4-5,8-9,16,18H,1-3,6-7,17H2. The summed E-state index contributed by atoms with van der Waals surface area (Å²) in [5.41, 5.74) is 7.04. The van der Waals surface area contributed by atoms with Gasteiger partial charge >= 0.3 is 0 Å². The molecule has 104 valence electrons. The zero-order valence-corrected chi connectivity index (χ0v) is 12.1. The van der Waals surface area contributed by atoms with E-state index in [0.717, 1.165) is 18.8 Å². The molecule has 2 aromatic rings. The van der Waals surface area contributed by atoms with E-state index in [2.05, 4.69) is 29.7 Å². The van der Waals surface area contributed by atoms with Crippen molar-refractivity contribution in [3.8, 4) is 5.75 Å². The molecule has 3 N–H and O–H groups in total. The van der Waals surface area contributed by atoms with Crippen molar-refractivity contribution in [3.05, 3.63) is 50.7 Å². The number of ether oxygens (including phenoxy) is 1. The zero-order chi connectivity index (χ0) is 13.5. The fraction of sp³-hybridized carbons (Fsp3) is 0.375. The van der Waals surface area contributed by atoms with Crippen LogP contribution in [-0.4, -0.2) is 6.61 Å². The van der Waals surface area contributed by atoms with Crippen LogP contribution in [0.5, 0.6) is 5.75 Å². The topological polar surface area (TPSA) is 47.3 Å². The van der Waals surface area contributed by atoms with E-state index in [1.165, 1.54) is 40.8 Å². The van der Waals surface area contributed by atoms with Crippen LogP contribution in [0, 0.1) is 0 Å². The molecule has 20 heavy (non-hydrogen) atoms. The molecule has 1 aliphatic carbocycles. The molecule has 0 bridgehead atoms. The van der Waals surface area contributed by atoms with Crippen molar-refractivity contribution < 1.29 is 4.74 Å². The molecule has 2 heterocycles. The number of fused-ring (bicyclic) bond motifs is 2. The molecular weight excluding hydrogens is 268 g/mol. The summed E-state index contributed by atoms with van der Waals surface area (Å²) in [4.78, 5) is 2.88. The van der Waals surface area contributed by atoms with E-state index in [4.69, 9.17) is 10.6 Å². The Hall–Kier alpha value is -1.36. The summed E-state index contributed by atoms with van der Waals surface area (Å²) in [5.74, 6) is 6.85. The molecule has 1 atom stereocenters. The maximum atomic E-state index is 5.83. The molecule has 0 spiro atoms. The lowest BCUT2D eigenvalue weighted by atomic mass is 10.0. The smallest absolute Gasteiger partial charge is 0.122 e. The minimum Gasteiger partial charge on any atom is -0.493 e. The van der Waals surface area contributed by atoms with Gasteiger partial charge in [0.1, 0.15) is 5.75 Å². The highest BCUT2D eigenvalue weighted by atomic mass is 32.1. The summed E-state index contributed by atoms with van der Waals surface area (Å²) in [6.45, 7) is 0.798. The highest BCUT2D eigenvalue weighted by Crippen LogP contribution is 2.37. The fourth-order valence-corrected chi connectivity index (χ4v) is 4.57. The number of thiophene rings is 1. The van der Waals surface area contributed by atoms with E-state index in [9.17, 15) is 0 Å². The lowest BCUT2D eigenvalue weighted by molar-refractivity contribution is 0.357. The van der Waals surface area contributed by atoms with Gasteiger partial charge in [-0.05, 0) is 54.2 Å². The van der Waals surface area contributed by atoms with Gasteiger partial charge in [-0.3, -0.25) is 5.84 Å². The number of benzene rings is 1. The minimum absolute atomic E-state index is 0.0940. The Kier molecular flexibility index (Phi) is 3.02. The molecule has 0 radical (unpaired) electrons. The van der Waals surface area contributed by atoms with Gasteiger partial charge in [0.15, 0.2) is 0 Å². The molecule has 0 saturated carbocycles. The summed E-state index contributed by atoms with van der Waals surface area (Å²) in [7, 11) is 0. The first-order chi connectivity index (χ1) is 9.85. The van der Waals surface area contributed by atoms with Gasteiger partial charge in [0.05, 0.1) is 12.6 Å². The van der Waals surface area contributed by atoms with Crippen LogP contribution in [0.15, 0.2) is 24.3 Å². The number of hydrogen-bond acceptors (Lipinski definition) is 4. The van der Waals surface area contributed by atoms with Crippen molar-refractivity contribution in [2.24, 2.45) is 5.84 Å². The SMILES string of the molecule is NNC(c1ccc2c(c1)CCO2)c1cc2c(s1)CCC2. The Labute approximate surface area is 122 Å². The normalized spacial score (nSPS) is 17.6. The van der Waals surface area contributed by atoms with Gasteiger partial charge in [-0.2, -0.15) is 0 Å². The minimum atomic E-state index is 0.0940. The molecule has 1 unspecified atom stereocenters. The van der Waals surface area contributed by atoms with E-state index in [0.29, 0.717) is 0 Å². The Balaban J connectivity index is 1.70. The summed E-state index contributed by atoms with van der Waals surface area (Å²) < 4.78 is 5.57. The lowest BCUT2D eigenvalue weighted by Gasteiger charge is -2.16. The Morgan fingerprint density at radius 2 is 2.10 bits per heavy atom. The van der Waals surface area contributed by atoms with Gasteiger partial charge < -0.3 is 4.74 Å². The highest BCUT2D eigenvalue weighted by Gasteiger charge is 2.22. The molecule has 1 aromatic carbocycles. The second-order valence-corrected chi connectivity index (χ2v) is 6.68. The van der Waals surface area contributed by atoms with E-state index in [-0.39, 0.29) is 6.04 Å². The van der Waals surface area contributed by atoms with Gasteiger partial charge in [0, 0.05) is 16.2 Å². The molecule has 3 nitrogen and oxygen atoms in total. The molecular formula is C16H18N2OS. The number of rotatable bonds is 3. The van der Waals surface area contributed by atoms with Crippen molar-refractivity contribution in [3.63, 3.8) is 0 Å². The Morgan fingerprint density at radius 1 is 1.15 bits per heavy atom. The highest BCUT2D eigenvalue weighted by molar-refractivity contribution is 7.12. The second kappa shape index (κ2) is 4.88. The van der Waals surface area contributed by atoms with Crippen LogP contribution in [0.3, 0.4) is 0 Å². The summed E-state index contributed by atoms with van der Waals surface area (Å²) in [6, 6.07) is 8.86. The van der Waals surface area contributed by atoms with E-state index in [1.54, 1.807) is 4.88 Å². The molecule has 0 saturated heterocycles. The van der Waals surface area contributed by atoms with Crippen molar-refractivity contribution in [2.45, 2.75) is 31.7 Å². The van der Waals surface area contributed by atoms with Crippen LogP contribution in [0.2, 0.25) is 0 Å². The van der Waals surface area contributed by atoms with Gasteiger partial charge in [-0.15, -0.1) is 11.3 Å². The van der Waals surface area contributed by atoms with Crippen molar-refractivity contribution >= 4 is 11.3 Å². The first kappa shape index (κ1) is 12.4. The third-order valence-electron chi connectivity index (χ3n) is 4.26. The first-order valence-electron chi connectivity index (χ1n) is 7.18. The molecule has 4 heteroatoms. The van der Waals surface area contributed by atoms with Crippen LogP contribution >= 0.6 is 11.3 Å². The van der Waals surface area contributed by atoms with Gasteiger partial charge in [0.25, 0.3) is 0 Å². The maximum absolute atomic E-state index is 5.83. The van der Waals surface area contributed by atoms with Crippen molar-refractivity contribution in [1.82, 2.24) is 5.43 Å². The number of hydrogen-bond donors (Lipinski definition) is 2. The summed E-state index contributed by atoms with van der Waals surface area (Å²) in [6.07, 6.45) is 4.76. The van der Waals surface area contributed by atoms with E-state index < -0.39 is 0 Å². The van der Waals surface area contributed by atoms with Crippen LogP contribution in [0.1, 0.15) is 38.9 Å². The average molecular weight is 286 g/mol. The monoisotopic (exact) mass is 286 g/mol. The Bertz CT molecular complexity index is 628.